The molecule has 8 nitrogen and oxygen atoms in total. The molecule has 0 aliphatic heterocycles. The van der Waals surface area contributed by atoms with Gasteiger partial charge in [-0.3, -0.25) is 14.9 Å². The Hall–Kier alpha value is -3.13. The molecular weight excluding hydrogens is 352 g/mol. The number of benzene rings is 2. The number of hydrogen-bond acceptors (Lipinski definition) is 6. The number of ether oxygens (including phenoxy) is 2. The van der Waals surface area contributed by atoms with Crippen LogP contribution in [0.1, 0.15) is 10.4 Å². The molecule has 0 heterocycles. The summed E-state index contributed by atoms with van der Waals surface area (Å²) in [7, 11) is 1.27. The first-order chi connectivity index (χ1) is 11.9. The molecular formula is C16H13ClN2O6. The maximum Gasteiger partial charge on any atom is 0.337 e. The Morgan fingerprint density at radius 1 is 1.20 bits per heavy atom. The van der Waals surface area contributed by atoms with E-state index >= 15 is 0 Å². The largest absolute Gasteiger partial charge is 0.477 e. The van der Waals surface area contributed by atoms with Crippen LogP contribution in [0, 0.1) is 10.1 Å². The summed E-state index contributed by atoms with van der Waals surface area (Å²) in [5.41, 5.74) is 0.447. The number of nitro benzene ring substituents is 1. The molecule has 0 fully saturated rings. The van der Waals surface area contributed by atoms with Gasteiger partial charge in [0, 0.05) is 16.8 Å². The highest BCUT2D eigenvalue weighted by atomic mass is 35.5. The molecule has 0 saturated carbocycles. The number of nitrogens with zero attached hydrogens (tertiary/aromatic N) is 1. The summed E-state index contributed by atoms with van der Waals surface area (Å²) in [5, 5.41) is 13.7. The Bertz CT molecular complexity index is 807. The number of methoxy groups -OCH3 is 1. The monoisotopic (exact) mass is 364 g/mol. The second-order valence-corrected chi connectivity index (χ2v) is 5.21. The van der Waals surface area contributed by atoms with Crippen molar-refractivity contribution in [2.45, 2.75) is 0 Å². The van der Waals surface area contributed by atoms with E-state index in [-0.39, 0.29) is 16.5 Å². The summed E-state index contributed by atoms with van der Waals surface area (Å²) in [6, 6.07) is 9.91. The van der Waals surface area contributed by atoms with E-state index in [0.717, 1.165) is 6.07 Å². The van der Waals surface area contributed by atoms with Crippen LogP contribution >= 0.6 is 11.6 Å². The molecule has 0 unspecified atom stereocenters. The van der Waals surface area contributed by atoms with E-state index in [0.29, 0.717) is 11.3 Å². The lowest BCUT2D eigenvalue weighted by atomic mass is 10.2. The highest BCUT2D eigenvalue weighted by molar-refractivity contribution is 6.30. The van der Waals surface area contributed by atoms with Crippen molar-refractivity contribution in [2.75, 3.05) is 19.0 Å². The van der Waals surface area contributed by atoms with Gasteiger partial charge in [-0.2, -0.15) is 0 Å². The first-order valence-electron chi connectivity index (χ1n) is 6.95. The topological polar surface area (TPSA) is 108 Å². The van der Waals surface area contributed by atoms with Gasteiger partial charge in [0.15, 0.2) is 12.4 Å². The second-order valence-electron chi connectivity index (χ2n) is 4.77. The van der Waals surface area contributed by atoms with E-state index in [9.17, 15) is 19.7 Å². The molecule has 0 aliphatic carbocycles. The Morgan fingerprint density at radius 2 is 1.88 bits per heavy atom. The SMILES string of the molecule is COC(=O)c1ccc(NC(=O)COc2ccc(Cl)cc2[N+](=O)[O-])cc1. The number of hydrogen-bond donors (Lipinski definition) is 1. The number of nitrogens with one attached hydrogen (secondary N) is 1. The van der Waals surface area contributed by atoms with Gasteiger partial charge in [0.2, 0.25) is 0 Å². The third-order valence-electron chi connectivity index (χ3n) is 3.07. The van der Waals surface area contributed by atoms with Gasteiger partial charge in [0.25, 0.3) is 5.91 Å². The summed E-state index contributed by atoms with van der Waals surface area (Å²) in [6.45, 7) is -0.429. The van der Waals surface area contributed by atoms with Crippen LogP contribution in [0.25, 0.3) is 0 Å². The fraction of sp³-hybridized carbons (Fsp3) is 0.125. The van der Waals surface area contributed by atoms with Crippen molar-refractivity contribution >= 4 is 34.9 Å². The Morgan fingerprint density at radius 3 is 2.48 bits per heavy atom. The van der Waals surface area contributed by atoms with Crippen molar-refractivity contribution in [1.82, 2.24) is 0 Å². The summed E-state index contributed by atoms with van der Waals surface area (Å²) >= 11 is 5.70. The van der Waals surface area contributed by atoms with Gasteiger partial charge >= 0.3 is 11.7 Å². The van der Waals surface area contributed by atoms with Crippen molar-refractivity contribution in [3.05, 3.63) is 63.2 Å². The molecule has 0 aromatic heterocycles. The van der Waals surface area contributed by atoms with E-state index < -0.39 is 23.4 Å². The van der Waals surface area contributed by atoms with Crippen LogP contribution in [-0.4, -0.2) is 30.5 Å². The predicted octanol–water partition coefficient (Wildman–Crippen LogP) is 3.05. The second kappa shape index (κ2) is 8.11. The number of nitro groups is 1. The number of amides is 1. The molecule has 2 aromatic carbocycles. The molecule has 0 saturated heterocycles. The standard InChI is InChI=1S/C16H13ClN2O6/c1-24-16(21)10-2-5-12(6-3-10)18-15(20)9-25-14-7-4-11(17)8-13(14)19(22)23/h2-8H,9H2,1H3,(H,18,20). The molecule has 0 radical (unpaired) electrons. The summed E-state index contributed by atoms with van der Waals surface area (Å²) in [6.07, 6.45) is 0. The van der Waals surface area contributed by atoms with Gasteiger partial charge in [0.1, 0.15) is 0 Å². The highest BCUT2D eigenvalue weighted by Gasteiger charge is 2.17. The van der Waals surface area contributed by atoms with E-state index in [4.69, 9.17) is 16.3 Å². The lowest BCUT2D eigenvalue weighted by Crippen LogP contribution is -2.20. The summed E-state index contributed by atoms with van der Waals surface area (Å²) in [5.74, 6) is -1.07. The fourth-order valence-corrected chi connectivity index (χ4v) is 2.07. The quantitative estimate of drug-likeness (QED) is 0.479. The minimum atomic E-state index is -0.648. The zero-order chi connectivity index (χ0) is 18.4. The fourth-order valence-electron chi connectivity index (χ4n) is 1.90. The molecule has 0 atom stereocenters. The van der Waals surface area contributed by atoms with Crippen LogP contribution < -0.4 is 10.1 Å². The Kier molecular flexibility index (Phi) is 5.91. The predicted molar refractivity (Wildman–Crippen MR) is 90.0 cm³/mol. The highest BCUT2D eigenvalue weighted by Crippen LogP contribution is 2.29. The van der Waals surface area contributed by atoms with Crippen molar-refractivity contribution in [3.8, 4) is 5.75 Å². The third kappa shape index (κ3) is 4.92. The number of rotatable bonds is 6. The summed E-state index contributed by atoms with van der Waals surface area (Å²) in [4.78, 5) is 33.5. The average molecular weight is 365 g/mol. The number of carbonyl (C=O) groups is 2. The number of esters is 1. The van der Waals surface area contributed by atoms with Crippen molar-refractivity contribution < 1.29 is 24.0 Å². The first-order valence-corrected chi connectivity index (χ1v) is 7.33. The lowest BCUT2D eigenvalue weighted by molar-refractivity contribution is -0.385. The Balaban J connectivity index is 1.97. The van der Waals surface area contributed by atoms with Crippen LogP contribution in [0.4, 0.5) is 11.4 Å². The van der Waals surface area contributed by atoms with Crippen LogP contribution in [-0.2, 0) is 9.53 Å². The van der Waals surface area contributed by atoms with E-state index in [1.54, 1.807) is 0 Å². The van der Waals surface area contributed by atoms with Crippen molar-refractivity contribution in [2.24, 2.45) is 0 Å². The van der Waals surface area contributed by atoms with E-state index in [2.05, 4.69) is 10.1 Å². The molecule has 0 spiro atoms. The molecule has 130 valence electrons. The van der Waals surface area contributed by atoms with Crippen LogP contribution in [0.3, 0.4) is 0 Å². The van der Waals surface area contributed by atoms with Crippen LogP contribution in [0.5, 0.6) is 5.75 Å². The maximum atomic E-state index is 11.9. The molecule has 0 aliphatic rings. The van der Waals surface area contributed by atoms with Gasteiger partial charge in [-0.1, -0.05) is 11.6 Å². The zero-order valence-corrected chi connectivity index (χ0v) is 13.8. The van der Waals surface area contributed by atoms with Crippen molar-refractivity contribution in [3.63, 3.8) is 0 Å². The van der Waals surface area contributed by atoms with Gasteiger partial charge in [-0.05, 0) is 36.4 Å². The first kappa shape index (κ1) is 18.2. The lowest BCUT2D eigenvalue weighted by Gasteiger charge is -2.08. The van der Waals surface area contributed by atoms with Crippen molar-refractivity contribution in [1.29, 1.82) is 0 Å². The normalized spacial score (nSPS) is 10.0. The van der Waals surface area contributed by atoms with Gasteiger partial charge in [0.05, 0.1) is 17.6 Å². The molecule has 2 rings (SSSR count). The van der Waals surface area contributed by atoms with Crippen LogP contribution in [0.15, 0.2) is 42.5 Å². The molecule has 25 heavy (non-hydrogen) atoms. The number of halogens is 1. The average Bonchev–Trinajstić information content (AvgIpc) is 2.60. The molecule has 1 N–H and O–H groups in total. The Labute approximate surface area is 147 Å². The molecule has 0 bridgehead atoms. The molecule has 9 heteroatoms. The van der Waals surface area contributed by atoms with Gasteiger partial charge in [-0.25, -0.2) is 4.79 Å². The zero-order valence-electron chi connectivity index (χ0n) is 13.0. The minimum absolute atomic E-state index is 0.0643. The summed E-state index contributed by atoms with van der Waals surface area (Å²) < 4.78 is 9.75. The number of anilines is 1. The third-order valence-corrected chi connectivity index (χ3v) is 3.30. The van der Waals surface area contributed by atoms with E-state index in [1.807, 2.05) is 0 Å². The molecule has 1 amide bonds. The van der Waals surface area contributed by atoms with Gasteiger partial charge in [-0.15, -0.1) is 0 Å². The maximum absolute atomic E-state index is 11.9. The minimum Gasteiger partial charge on any atom is -0.477 e. The van der Waals surface area contributed by atoms with Crippen LogP contribution in [0.2, 0.25) is 5.02 Å². The smallest absolute Gasteiger partial charge is 0.337 e. The van der Waals surface area contributed by atoms with E-state index in [1.165, 1.54) is 43.5 Å². The molecule has 2 aromatic rings. The van der Waals surface area contributed by atoms with Gasteiger partial charge < -0.3 is 14.8 Å². The number of carbonyl (C=O) groups excluding carboxylic acids is 2.